The zero-order valence-corrected chi connectivity index (χ0v) is 18.1. The van der Waals surface area contributed by atoms with Gasteiger partial charge in [-0.25, -0.2) is 4.79 Å². The van der Waals surface area contributed by atoms with Gasteiger partial charge in [-0.2, -0.15) is 0 Å². The van der Waals surface area contributed by atoms with Crippen LogP contribution in [0.15, 0.2) is 0 Å². The van der Waals surface area contributed by atoms with Crippen LogP contribution in [0.2, 0.25) is 0 Å². The average Bonchev–Trinajstić information content (AvgIpc) is 2.91. The Hall–Kier alpha value is -1.70. The maximum absolute atomic E-state index is 11.9. The Kier molecular flexibility index (Phi) is 6.79. The molecule has 2 saturated heterocycles. The zero-order chi connectivity index (χ0) is 20.4. The molecule has 0 N–H and O–H groups in total. The third-order valence-corrected chi connectivity index (χ3v) is 6.43. The summed E-state index contributed by atoms with van der Waals surface area (Å²) in [5, 5.41) is 0.650. The van der Waals surface area contributed by atoms with Crippen LogP contribution < -0.4 is 0 Å². The lowest BCUT2D eigenvalue weighted by Crippen LogP contribution is -2.44. The van der Waals surface area contributed by atoms with Crippen LogP contribution >= 0.6 is 12.2 Å². The van der Waals surface area contributed by atoms with Gasteiger partial charge in [0.25, 0.3) is 11.8 Å². The summed E-state index contributed by atoms with van der Waals surface area (Å²) in [6.45, 7) is 12.6. The summed E-state index contributed by atoms with van der Waals surface area (Å²) in [5.74, 6) is 0.0509. The summed E-state index contributed by atoms with van der Waals surface area (Å²) in [5.41, 5.74) is -1.06. The van der Waals surface area contributed by atoms with Gasteiger partial charge >= 0.3 is 6.03 Å². The van der Waals surface area contributed by atoms with Crippen LogP contribution in [0.25, 0.3) is 0 Å². The highest BCUT2D eigenvalue weighted by molar-refractivity contribution is 7.80. The van der Waals surface area contributed by atoms with E-state index in [1.165, 1.54) is 9.80 Å². The highest BCUT2D eigenvalue weighted by Gasteiger charge is 2.50. The molecule has 0 aliphatic carbocycles. The number of likely N-dealkylation sites (N-methyl/N-ethyl adjacent to an activating group) is 4. The van der Waals surface area contributed by atoms with Gasteiger partial charge in [0.15, 0.2) is 5.11 Å². The minimum atomic E-state index is -0.632. The Labute approximate surface area is 162 Å². The van der Waals surface area contributed by atoms with Gasteiger partial charge in [-0.3, -0.25) is 19.4 Å². The molecule has 0 aromatic rings. The maximum atomic E-state index is 11.9. The molecule has 2 unspecified atom stereocenters. The van der Waals surface area contributed by atoms with Gasteiger partial charge in [-0.15, -0.1) is 0 Å². The van der Waals surface area contributed by atoms with Crippen molar-refractivity contribution < 1.29 is 14.4 Å². The van der Waals surface area contributed by atoms with E-state index < -0.39 is 11.1 Å². The second-order valence-electron chi connectivity index (χ2n) is 7.04. The molecule has 0 saturated carbocycles. The van der Waals surface area contributed by atoms with Crippen molar-refractivity contribution in [3.05, 3.63) is 0 Å². The molecule has 0 aromatic heterocycles. The van der Waals surface area contributed by atoms with Crippen LogP contribution in [0.4, 0.5) is 4.79 Å². The number of hydrogen-bond donors (Lipinski definition) is 0. The second kappa shape index (κ2) is 7.90. The zero-order valence-electron chi connectivity index (χ0n) is 17.3. The molecule has 0 bridgehead atoms. The first-order chi connectivity index (χ1) is 12.0. The van der Waals surface area contributed by atoms with E-state index in [2.05, 4.69) is 0 Å². The van der Waals surface area contributed by atoms with Crippen LogP contribution in [0.1, 0.15) is 54.4 Å². The predicted molar refractivity (Wildman–Crippen MR) is 106 cm³/mol. The molecule has 8 heteroatoms. The highest BCUT2D eigenvalue weighted by atomic mass is 32.1. The van der Waals surface area contributed by atoms with Gasteiger partial charge in [0, 0.05) is 27.2 Å². The normalized spacial score (nSPS) is 28.9. The number of thiocarbonyl (C=S) groups is 1. The van der Waals surface area contributed by atoms with Crippen molar-refractivity contribution >= 4 is 35.2 Å². The highest BCUT2D eigenvalue weighted by Crippen LogP contribution is 2.29. The Balaban J connectivity index is 0.000000260. The van der Waals surface area contributed by atoms with Crippen molar-refractivity contribution in [3.8, 4) is 0 Å². The molecule has 148 valence electrons. The van der Waals surface area contributed by atoms with E-state index in [0.29, 0.717) is 24.6 Å². The molecule has 2 fully saturated rings. The second-order valence-corrected chi connectivity index (χ2v) is 7.40. The topological polar surface area (TPSA) is 64.2 Å². The summed E-state index contributed by atoms with van der Waals surface area (Å²) in [4.78, 5) is 41.6. The summed E-state index contributed by atoms with van der Waals surface area (Å²) < 4.78 is 0. The number of nitrogens with zero attached hydrogens (tertiary/aromatic N) is 4. The molecule has 0 spiro atoms. The molecule has 4 amide bonds. The van der Waals surface area contributed by atoms with Crippen LogP contribution in [0, 0.1) is 0 Å². The fourth-order valence-electron chi connectivity index (χ4n) is 3.16. The SMILES string of the molecule is CCN1C(=O)C(C)(CC)N(C)C1=S.CCN1C(=O)N(C)C(C)(CC)C1=O. The average molecular weight is 385 g/mol. The lowest BCUT2D eigenvalue weighted by molar-refractivity contribution is -0.133. The Bertz CT molecular complexity index is 559. The summed E-state index contributed by atoms with van der Waals surface area (Å²) in [6.07, 6.45) is 1.45. The predicted octanol–water partition coefficient (Wildman–Crippen LogP) is 2.30. The van der Waals surface area contributed by atoms with E-state index in [0.717, 1.165) is 6.42 Å². The van der Waals surface area contributed by atoms with E-state index in [1.54, 1.807) is 11.9 Å². The standard InChI is InChI=1S/C9H16N2O2.C9H16N2OS/c2*1-5-9(3)7(12)11(6-2)8(13)10(9)4/h2*5-6H2,1-4H3. The molecule has 2 atom stereocenters. The van der Waals surface area contributed by atoms with E-state index in [4.69, 9.17) is 12.2 Å². The molecule has 26 heavy (non-hydrogen) atoms. The third kappa shape index (κ3) is 3.19. The number of amides is 4. The van der Waals surface area contributed by atoms with Crippen LogP contribution in [0.3, 0.4) is 0 Å². The first-order valence-corrected chi connectivity index (χ1v) is 9.58. The number of rotatable bonds is 4. The van der Waals surface area contributed by atoms with E-state index in [1.807, 2.05) is 53.5 Å². The van der Waals surface area contributed by atoms with Crippen LogP contribution in [0.5, 0.6) is 0 Å². The van der Waals surface area contributed by atoms with Crippen molar-refractivity contribution in [2.24, 2.45) is 0 Å². The number of carbonyl (C=O) groups excluding carboxylic acids is 3. The number of urea groups is 1. The van der Waals surface area contributed by atoms with Crippen molar-refractivity contribution in [2.45, 2.75) is 65.5 Å². The summed E-state index contributed by atoms with van der Waals surface area (Å²) >= 11 is 5.19. The molecule has 2 rings (SSSR count). The fraction of sp³-hybridized carbons (Fsp3) is 0.778. The third-order valence-electron chi connectivity index (χ3n) is 5.94. The Morgan fingerprint density at radius 1 is 0.769 bits per heavy atom. The molecule has 2 heterocycles. The quantitative estimate of drug-likeness (QED) is 0.550. The first-order valence-electron chi connectivity index (χ1n) is 9.17. The van der Waals surface area contributed by atoms with Crippen LogP contribution in [-0.2, 0) is 9.59 Å². The van der Waals surface area contributed by atoms with Gasteiger partial charge in [0.1, 0.15) is 11.1 Å². The van der Waals surface area contributed by atoms with Crippen molar-refractivity contribution in [3.63, 3.8) is 0 Å². The number of imide groups is 1. The van der Waals surface area contributed by atoms with Gasteiger partial charge < -0.3 is 9.80 Å². The van der Waals surface area contributed by atoms with Crippen LogP contribution in [-0.4, -0.2) is 80.8 Å². The van der Waals surface area contributed by atoms with Gasteiger partial charge in [-0.1, -0.05) is 13.8 Å². The first kappa shape index (κ1) is 22.3. The Morgan fingerprint density at radius 3 is 1.38 bits per heavy atom. The lowest BCUT2D eigenvalue weighted by Gasteiger charge is -2.27. The van der Waals surface area contributed by atoms with E-state index in [9.17, 15) is 14.4 Å². The molecular weight excluding hydrogens is 352 g/mol. The van der Waals surface area contributed by atoms with Crippen molar-refractivity contribution in [1.29, 1.82) is 0 Å². The van der Waals surface area contributed by atoms with Crippen molar-refractivity contribution in [2.75, 3.05) is 27.2 Å². The molecule has 7 nitrogen and oxygen atoms in total. The number of carbonyl (C=O) groups is 3. The van der Waals surface area contributed by atoms with Gasteiger partial charge in [0.2, 0.25) is 0 Å². The molecule has 0 aromatic carbocycles. The minimum Gasteiger partial charge on any atom is -0.337 e. The van der Waals surface area contributed by atoms with E-state index >= 15 is 0 Å². The molecule has 0 radical (unpaired) electrons. The fourth-order valence-corrected chi connectivity index (χ4v) is 3.57. The summed E-state index contributed by atoms with van der Waals surface area (Å²) in [6, 6.07) is -0.183. The van der Waals surface area contributed by atoms with Gasteiger partial charge in [0.05, 0.1) is 0 Å². The van der Waals surface area contributed by atoms with Crippen molar-refractivity contribution in [1.82, 2.24) is 19.6 Å². The largest absolute Gasteiger partial charge is 0.337 e. The smallest absolute Gasteiger partial charge is 0.327 e. The number of hydrogen-bond acceptors (Lipinski definition) is 4. The monoisotopic (exact) mass is 384 g/mol. The Morgan fingerprint density at radius 2 is 1.15 bits per heavy atom. The minimum absolute atomic E-state index is 0.0787. The lowest BCUT2D eigenvalue weighted by atomic mass is 9.98. The molecular formula is C18H32N4O3S. The maximum Gasteiger partial charge on any atom is 0.327 e. The molecule has 2 aliphatic rings. The van der Waals surface area contributed by atoms with E-state index in [-0.39, 0.29) is 17.8 Å². The summed E-state index contributed by atoms with van der Waals surface area (Å²) in [7, 11) is 3.57. The van der Waals surface area contributed by atoms with Gasteiger partial charge in [-0.05, 0) is 52.8 Å². The molecule has 2 aliphatic heterocycles.